The summed E-state index contributed by atoms with van der Waals surface area (Å²) in [5, 5.41) is 2.78. The average Bonchev–Trinajstić information content (AvgIpc) is 2.91. The number of hydrogen-bond acceptors (Lipinski definition) is 3. The molecule has 0 unspecified atom stereocenters. The molecule has 1 fully saturated rings. The van der Waals surface area contributed by atoms with Crippen molar-refractivity contribution in [3.8, 4) is 5.75 Å². The number of carbonyl (C=O) groups excluding carboxylic acids is 1. The van der Waals surface area contributed by atoms with Gasteiger partial charge in [0.25, 0.3) is 0 Å². The first-order chi connectivity index (χ1) is 9.85. The Hall–Kier alpha value is -1.76. The molecule has 0 radical (unpaired) electrons. The van der Waals surface area contributed by atoms with E-state index in [0.29, 0.717) is 18.6 Å². The maximum Gasteiger partial charge on any atom is 0.573 e. The first-order valence-corrected chi connectivity index (χ1v) is 6.63. The number of halogens is 3. The number of benzene rings is 1. The molecule has 0 spiro atoms. The van der Waals surface area contributed by atoms with Crippen molar-refractivity contribution in [3.05, 3.63) is 29.8 Å². The molecule has 4 nitrogen and oxygen atoms in total. The highest BCUT2D eigenvalue weighted by atomic mass is 19.4. The van der Waals surface area contributed by atoms with Crippen LogP contribution in [0, 0.1) is 0 Å². The maximum atomic E-state index is 12.1. The fourth-order valence-electron chi connectivity index (χ4n) is 2.13. The molecule has 0 aliphatic carbocycles. The van der Waals surface area contributed by atoms with Gasteiger partial charge in [0.1, 0.15) is 11.9 Å². The van der Waals surface area contributed by atoms with E-state index in [1.54, 1.807) is 6.92 Å². The van der Waals surface area contributed by atoms with E-state index < -0.39 is 12.5 Å². The molecular formula is C14H16F3NO3. The predicted molar refractivity (Wildman–Crippen MR) is 68.7 cm³/mol. The number of rotatable bonds is 4. The number of nitrogens with one attached hydrogen (secondary N) is 1. The number of alkyl halides is 3. The summed E-state index contributed by atoms with van der Waals surface area (Å²) in [6.45, 7) is 2.34. The van der Waals surface area contributed by atoms with E-state index in [1.807, 2.05) is 0 Å². The van der Waals surface area contributed by atoms with Gasteiger partial charge in [0.15, 0.2) is 0 Å². The minimum atomic E-state index is -4.71. The molecule has 116 valence electrons. The Bertz CT molecular complexity index is 481. The number of ether oxygens (including phenoxy) is 2. The Morgan fingerprint density at radius 3 is 2.57 bits per heavy atom. The Morgan fingerprint density at radius 1 is 1.38 bits per heavy atom. The van der Waals surface area contributed by atoms with Crippen molar-refractivity contribution in [2.24, 2.45) is 0 Å². The minimum absolute atomic E-state index is 0.199. The molecule has 1 aromatic carbocycles. The Kier molecular flexibility index (Phi) is 4.72. The van der Waals surface area contributed by atoms with Crippen LogP contribution >= 0.6 is 0 Å². The smallest absolute Gasteiger partial charge is 0.406 e. The van der Waals surface area contributed by atoms with Crippen molar-refractivity contribution in [1.29, 1.82) is 0 Å². The Morgan fingerprint density at radius 2 is 2.05 bits per heavy atom. The zero-order valence-electron chi connectivity index (χ0n) is 11.4. The van der Waals surface area contributed by atoms with E-state index in [-0.39, 0.29) is 17.7 Å². The predicted octanol–water partition coefficient (Wildman–Crippen LogP) is 2.94. The van der Waals surface area contributed by atoms with Gasteiger partial charge in [-0.3, -0.25) is 4.79 Å². The van der Waals surface area contributed by atoms with Gasteiger partial charge in [-0.15, -0.1) is 13.2 Å². The lowest BCUT2D eigenvalue weighted by atomic mass is 10.1. The van der Waals surface area contributed by atoms with Crippen molar-refractivity contribution in [2.75, 3.05) is 6.61 Å². The SMILES string of the molecule is C[C@@H](NC(=O)[C@H]1CCCO1)c1ccc(OC(F)(F)F)cc1. The largest absolute Gasteiger partial charge is 0.573 e. The van der Waals surface area contributed by atoms with E-state index in [0.717, 1.165) is 6.42 Å². The van der Waals surface area contributed by atoms with Crippen LogP contribution in [-0.4, -0.2) is 25.0 Å². The summed E-state index contributed by atoms with van der Waals surface area (Å²) in [5.41, 5.74) is 0.691. The Balaban J connectivity index is 1.93. The van der Waals surface area contributed by atoms with E-state index in [4.69, 9.17) is 4.74 Å². The molecule has 1 saturated heterocycles. The second-order valence-electron chi connectivity index (χ2n) is 4.85. The van der Waals surface area contributed by atoms with Crippen molar-refractivity contribution in [3.63, 3.8) is 0 Å². The van der Waals surface area contributed by atoms with E-state index in [1.165, 1.54) is 24.3 Å². The summed E-state index contributed by atoms with van der Waals surface area (Å²) in [5.74, 6) is -0.487. The van der Waals surface area contributed by atoms with Gasteiger partial charge in [-0.05, 0) is 37.5 Å². The van der Waals surface area contributed by atoms with Crippen molar-refractivity contribution in [2.45, 2.75) is 38.3 Å². The molecule has 1 N–H and O–H groups in total. The van der Waals surface area contributed by atoms with Gasteiger partial charge in [0, 0.05) is 6.61 Å². The lowest BCUT2D eigenvalue weighted by molar-refractivity contribution is -0.274. The van der Waals surface area contributed by atoms with E-state index in [2.05, 4.69) is 10.1 Å². The maximum absolute atomic E-state index is 12.1. The molecule has 7 heteroatoms. The molecule has 1 aliphatic heterocycles. The zero-order valence-corrected chi connectivity index (χ0v) is 11.4. The lowest BCUT2D eigenvalue weighted by Gasteiger charge is -2.17. The third-order valence-electron chi connectivity index (χ3n) is 3.19. The fourth-order valence-corrected chi connectivity index (χ4v) is 2.13. The summed E-state index contributed by atoms with van der Waals surface area (Å²) in [6.07, 6.45) is -3.59. The van der Waals surface area contributed by atoms with Crippen LogP contribution in [0.25, 0.3) is 0 Å². The standard InChI is InChI=1S/C14H16F3NO3/c1-9(18-13(19)12-3-2-8-20-12)10-4-6-11(7-5-10)21-14(15,16)17/h4-7,9,12H,2-3,8H2,1H3,(H,18,19)/t9-,12-/m1/s1. The van der Waals surface area contributed by atoms with Gasteiger partial charge in [-0.2, -0.15) is 0 Å². The number of amides is 1. The highest BCUT2D eigenvalue weighted by Crippen LogP contribution is 2.24. The van der Waals surface area contributed by atoms with Crippen molar-refractivity contribution < 1.29 is 27.4 Å². The summed E-state index contributed by atoms with van der Waals surface area (Å²) < 4.78 is 45.2. The van der Waals surface area contributed by atoms with Gasteiger partial charge in [-0.25, -0.2) is 0 Å². The van der Waals surface area contributed by atoms with Crippen molar-refractivity contribution >= 4 is 5.91 Å². The molecule has 21 heavy (non-hydrogen) atoms. The number of carbonyl (C=O) groups is 1. The average molecular weight is 303 g/mol. The summed E-state index contributed by atoms with van der Waals surface area (Å²) in [6, 6.07) is 5.10. The molecule has 2 rings (SSSR count). The first kappa shape index (κ1) is 15.6. The first-order valence-electron chi connectivity index (χ1n) is 6.63. The molecule has 1 aliphatic rings. The van der Waals surface area contributed by atoms with Crippen LogP contribution in [0.2, 0.25) is 0 Å². The third-order valence-corrected chi connectivity index (χ3v) is 3.19. The quantitative estimate of drug-likeness (QED) is 0.930. The zero-order chi connectivity index (χ0) is 15.5. The number of hydrogen-bond donors (Lipinski definition) is 1. The van der Waals surface area contributed by atoms with Gasteiger partial charge in [-0.1, -0.05) is 12.1 Å². The van der Waals surface area contributed by atoms with Crippen LogP contribution in [0.5, 0.6) is 5.75 Å². The van der Waals surface area contributed by atoms with Gasteiger partial charge < -0.3 is 14.8 Å². The molecular weight excluding hydrogens is 287 g/mol. The monoisotopic (exact) mass is 303 g/mol. The van der Waals surface area contributed by atoms with Gasteiger partial charge >= 0.3 is 6.36 Å². The lowest BCUT2D eigenvalue weighted by Crippen LogP contribution is -2.35. The molecule has 0 saturated carbocycles. The Labute approximate surface area is 120 Å². The van der Waals surface area contributed by atoms with E-state index in [9.17, 15) is 18.0 Å². The molecule has 0 bridgehead atoms. The van der Waals surface area contributed by atoms with Gasteiger partial charge in [0.2, 0.25) is 5.91 Å². The normalized spacial score (nSPS) is 20.1. The molecule has 2 atom stereocenters. The molecule has 1 amide bonds. The second kappa shape index (κ2) is 6.34. The van der Waals surface area contributed by atoms with Crippen LogP contribution in [0.3, 0.4) is 0 Å². The topological polar surface area (TPSA) is 47.6 Å². The fraction of sp³-hybridized carbons (Fsp3) is 0.500. The van der Waals surface area contributed by atoms with Crippen LogP contribution in [0.4, 0.5) is 13.2 Å². The third kappa shape index (κ3) is 4.63. The highest BCUT2D eigenvalue weighted by Gasteiger charge is 2.31. The van der Waals surface area contributed by atoms with Crippen molar-refractivity contribution in [1.82, 2.24) is 5.32 Å². The van der Waals surface area contributed by atoms with Crippen LogP contribution in [-0.2, 0) is 9.53 Å². The minimum Gasteiger partial charge on any atom is -0.406 e. The summed E-state index contributed by atoms with van der Waals surface area (Å²) in [7, 11) is 0. The molecule has 1 heterocycles. The van der Waals surface area contributed by atoms with E-state index >= 15 is 0 Å². The van der Waals surface area contributed by atoms with Gasteiger partial charge in [0.05, 0.1) is 6.04 Å². The molecule has 1 aromatic rings. The van der Waals surface area contributed by atoms with Crippen LogP contribution in [0.15, 0.2) is 24.3 Å². The highest BCUT2D eigenvalue weighted by molar-refractivity contribution is 5.81. The summed E-state index contributed by atoms with van der Waals surface area (Å²) in [4.78, 5) is 11.9. The van der Waals surface area contributed by atoms with Crippen LogP contribution in [0.1, 0.15) is 31.4 Å². The van der Waals surface area contributed by atoms with Crippen LogP contribution < -0.4 is 10.1 Å². The second-order valence-corrected chi connectivity index (χ2v) is 4.85. The molecule has 0 aromatic heterocycles. The summed E-state index contributed by atoms with van der Waals surface area (Å²) >= 11 is 0.